The van der Waals surface area contributed by atoms with Gasteiger partial charge in [0.1, 0.15) is 0 Å². The summed E-state index contributed by atoms with van der Waals surface area (Å²) in [6.07, 6.45) is 5.93. The van der Waals surface area contributed by atoms with Crippen molar-refractivity contribution in [3.8, 4) is 0 Å². The van der Waals surface area contributed by atoms with Crippen molar-refractivity contribution in [3.05, 3.63) is 18.2 Å². The summed E-state index contributed by atoms with van der Waals surface area (Å²) < 4.78 is 0. The van der Waals surface area contributed by atoms with E-state index in [-0.39, 0.29) is 12.1 Å². The van der Waals surface area contributed by atoms with Gasteiger partial charge in [-0.1, -0.05) is 0 Å². The fourth-order valence-corrected chi connectivity index (χ4v) is 1.73. The molecule has 1 unspecified atom stereocenters. The SMILES string of the molecule is CC(CO)(NCc1cnc[nH]1)C1CC1. The highest BCUT2D eigenvalue weighted by Gasteiger charge is 2.40. The van der Waals surface area contributed by atoms with Gasteiger partial charge < -0.3 is 15.4 Å². The van der Waals surface area contributed by atoms with Gasteiger partial charge in [-0.15, -0.1) is 0 Å². The van der Waals surface area contributed by atoms with Crippen molar-refractivity contribution < 1.29 is 5.11 Å². The molecule has 1 atom stereocenters. The number of rotatable bonds is 5. The Morgan fingerprint density at radius 2 is 2.50 bits per heavy atom. The lowest BCUT2D eigenvalue weighted by Gasteiger charge is -2.28. The Labute approximate surface area is 83.8 Å². The van der Waals surface area contributed by atoms with Gasteiger partial charge in [0, 0.05) is 24.0 Å². The molecule has 2 rings (SSSR count). The smallest absolute Gasteiger partial charge is 0.0922 e. The van der Waals surface area contributed by atoms with E-state index in [0.29, 0.717) is 5.92 Å². The second-order valence-electron chi connectivity index (χ2n) is 4.28. The van der Waals surface area contributed by atoms with Gasteiger partial charge in [0.05, 0.1) is 12.9 Å². The lowest BCUT2D eigenvalue weighted by Crippen LogP contribution is -2.47. The van der Waals surface area contributed by atoms with Crippen LogP contribution < -0.4 is 5.32 Å². The minimum atomic E-state index is -0.120. The second kappa shape index (κ2) is 3.71. The first-order valence-electron chi connectivity index (χ1n) is 5.08. The van der Waals surface area contributed by atoms with E-state index in [1.807, 2.05) is 0 Å². The van der Waals surface area contributed by atoms with Crippen molar-refractivity contribution in [1.29, 1.82) is 0 Å². The maximum atomic E-state index is 9.34. The average Bonchev–Trinajstić information content (AvgIpc) is 2.94. The van der Waals surface area contributed by atoms with E-state index in [9.17, 15) is 5.11 Å². The monoisotopic (exact) mass is 195 g/mol. The Balaban J connectivity index is 1.89. The molecule has 1 aromatic rings. The lowest BCUT2D eigenvalue weighted by molar-refractivity contribution is 0.153. The van der Waals surface area contributed by atoms with Gasteiger partial charge in [-0.3, -0.25) is 0 Å². The largest absolute Gasteiger partial charge is 0.394 e. The molecule has 1 aromatic heterocycles. The molecule has 1 aliphatic rings. The van der Waals surface area contributed by atoms with Gasteiger partial charge in [-0.05, 0) is 25.7 Å². The molecule has 3 N–H and O–H groups in total. The third-order valence-corrected chi connectivity index (χ3v) is 3.04. The van der Waals surface area contributed by atoms with Gasteiger partial charge in [0.2, 0.25) is 0 Å². The molecule has 1 heterocycles. The first-order valence-corrected chi connectivity index (χ1v) is 5.08. The van der Waals surface area contributed by atoms with Crippen LogP contribution in [0.3, 0.4) is 0 Å². The van der Waals surface area contributed by atoms with Gasteiger partial charge in [0.25, 0.3) is 0 Å². The zero-order valence-corrected chi connectivity index (χ0v) is 8.45. The summed E-state index contributed by atoms with van der Waals surface area (Å²) in [6.45, 7) is 3.03. The predicted molar refractivity (Wildman–Crippen MR) is 53.6 cm³/mol. The first kappa shape index (κ1) is 9.68. The number of aliphatic hydroxyl groups is 1. The third kappa shape index (κ3) is 1.96. The number of imidazole rings is 1. The van der Waals surface area contributed by atoms with Crippen molar-refractivity contribution in [3.63, 3.8) is 0 Å². The van der Waals surface area contributed by atoms with Crippen LogP contribution in [0.2, 0.25) is 0 Å². The molecule has 1 fully saturated rings. The van der Waals surface area contributed by atoms with Crippen LogP contribution in [-0.2, 0) is 6.54 Å². The number of nitrogens with one attached hydrogen (secondary N) is 2. The van der Waals surface area contributed by atoms with Crippen molar-refractivity contribution in [1.82, 2.24) is 15.3 Å². The van der Waals surface area contributed by atoms with Crippen LogP contribution in [-0.4, -0.2) is 27.2 Å². The molecule has 0 saturated heterocycles. The van der Waals surface area contributed by atoms with Crippen LogP contribution >= 0.6 is 0 Å². The number of aliphatic hydroxyl groups excluding tert-OH is 1. The molecule has 0 aromatic carbocycles. The van der Waals surface area contributed by atoms with Gasteiger partial charge in [-0.2, -0.15) is 0 Å². The minimum absolute atomic E-state index is 0.120. The summed E-state index contributed by atoms with van der Waals surface area (Å²) >= 11 is 0. The number of hydrogen-bond acceptors (Lipinski definition) is 3. The molecular formula is C10H17N3O. The van der Waals surface area contributed by atoms with E-state index in [0.717, 1.165) is 12.2 Å². The van der Waals surface area contributed by atoms with Gasteiger partial charge >= 0.3 is 0 Å². The molecule has 14 heavy (non-hydrogen) atoms. The summed E-state index contributed by atoms with van der Waals surface area (Å²) in [6, 6.07) is 0. The number of hydrogen-bond donors (Lipinski definition) is 3. The minimum Gasteiger partial charge on any atom is -0.394 e. The summed E-state index contributed by atoms with van der Waals surface area (Å²) in [5, 5.41) is 12.7. The van der Waals surface area contributed by atoms with Crippen LogP contribution in [0.25, 0.3) is 0 Å². The van der Waals surface area contributed by atoms with E-state index >= 15 is 0 Å². The topological polar surface area (TPSA) is 60.9 Å². The number of aromatic amines is 1. The fraction of sp³-hybridized carbons (Fsp3) is 0.700. The number of nitrogens with zero attached hydrogens (tertiary/aromatic N) is 1. The highest BCUT2D eigenvalue weighted by Crippen LogP contribution is 2.39. The molecule has 1 aliphatic carbocycles. The molecule has 0 radical (unpaired) electrons. The van der Waals surface area contributed by atoms with E-state index in [1.54, 1.807) is 12.5 Å². The molecule has 78 valence electrons. The Bertz CT molecular complexity index is 282. The normalized spacial score (nSPS) is 20.7. The standard InChI is InChI=1S/C10H17N3O/c1-10(6-14,8-2-3-8)13-5-9-4-11-7-12-9/h4,7-8,13-14H,2-3,5-6H2,1H3,(H,11,12). The van der Waals surface area contributed by atoms with Crippen LogP contribution in [0.4, 0.5) is 0 Å². The molecule has 0 amide bonds. The highest BCUT2D eigenvalue weighted by atomic mass is 16.3. The quantitative estimate of drug-likeness (QED) is 0.647. The summed E-state index contributed by atoms with van der Waals surface area (Å²) in [5.74, 6) is 0.635. The van der Waals surface area contributed by atoms with Crippen LogP contribution in [0.1, 0.15) is 25.5 Å². The first-order chi connectivity index (χ1) is 6.74. The highest BCUT2D eigenvalue weighted by molar-refractivity contribution is 5.01. The van der Waals surface area contributed by atoms with E-state index in [2.05, 4.69) is 22.2 Å². The lowest BCUT2D eigenvalue weighted by atomic mass is 9.97. The third-order valence-electron chi connectivity index (χ3n) is 3.04. The molecule has 0 spiro atoms. The molecule has 4 nitrogen and oxygen atoms in total. The van der Waals surface area contributed by atoms with E-state index in [1.165, 1.54) is 12.8 Å². The van der Waals surface area contributed by atoms with Crippen molar-refractivity contribution in [2.75, 3.05) is 6.61 Å². The second-order valence-corrected chi connectivity index (χ2v) is 4.28. The molecule has 0 bridgehead atoms. The molecule has 4 heteroatoms. The molecule has 0 aliphatic heterocycles. The molecular weight excluding hydrogens is 178 g/mol. The van der Waals surface area contributed by atoms with Gasteiger partial charge in [-0.25, -0.2) is 4.98 Å². The van der Waals surface area contributed by atoms with Crippen LogP contribution in [0, 0.1) is 5.92 Å². The number of aromatic nitrogens is 2. The molecule has 1 saturated carbocycles. The van der Waals surface area contributed by atoms with E-state index < -0.39 is 0 Å². The maximum Gasteiger partial charge on any atom is 0.0922 e. The Hall–Kier alpha value is -0.870. The number of H-pyrrole nitrogens is 1. The van der Waals surface area contributed by atoms with Crippen molar-refractivity contribution in [2.45, 2.75) is 31.8 Å². The predicted octanol–water partition coefficient (Wildman–Crippen LogP) is 0.660. The van der Waals surface area contributed by atoms with E-state index in [4.69, 9.17) is 0 Å². The van der Waals surface area contributed by atoms with Gasteiger partial charge in [0.15, 0.2) is 0 Å². The van der Waals surface area contributed by atoms with Crippen LogP contribution in [0.5, 0.6) is 0 Å². The Morgan fingerprint density at radius 1 is 1.71 bits per heavy atom. The van der Waals surface area contributed by atoms with Crippen LogP contribution in [0.15, 0.2) is 12.5 Å². The summed E-state index contributed by atoms with van der Waals surface area (Å²) in [4.78, 5) is 6.99. The van der Waals surface area contributed by atoms with Crippen molar-refractivity contribution >= 4 is 0 Å². The fourth-order valence-electron chi connectivity index (χ4n) is 1.73. The zero-order valence-electron chi connectivity index (χ0n) is 8.45. The zero-order chi connectivity index (χ0) is 10.0. The average molecular weight is 195 g/mol. The summed E-state index contributed by atoms with van der Waals surface area (Å²) in [5.41, 5.74) is 0.941. The Kier molecular flexibility index (Phi) is 2.56. The Morgan fingerprint density at radius 3 is 3.00 bits per heavy atom. The van der Waals surface area contributed by atoms with Crippen molar-refractivity contribution in [2.24, 2.45) is 5.92 Å². The maximum absolute atomic E-state index is 9.34. The summed E-state index contributed by atoms with van der Waals surface area (Å²) in [7, 11) is 0.